The van der Waals surface area contributed by atoms with Gasteiger partial charge in [0.15, 0.2) is 5.78 Å². The highest BCUT2D eigenvalue weighted by molar-refractivity contribution is 7.90. The number of ketones is 1. The molecule has 0 bridgehead atoms. The van der Waals surface area contributed by atoms with E-state index in [2.05, 4.69) is 0 Å². The Morgan fingerprint density at radius 1 is 1.50 bits per heavy atom. The molecule has 0 spiro atoms. The van der Waals surface area contributed by atoms with E-state index in [1.165, 1.54) is 17.6 Å². The van der Waals surface area contributed by atoms with Gasteiger partial charge >= 0.3 is 0 Å². The molecular weight excluding hydrogens is 294 g/mol. The zero-order chi connectivity index (χ0) is 13.9. The third-order valence-electron chi connectivity index (χ3n) is 2.67. The first kappa shape index (κ1) is 15.6. The van der Waals surface area contributed by atoms with Crippen molar-refractivity contribution in [1.82, 2.24) is 4.90 Å². The summed E-state index contributed by atoms with van der Waals surface area (Å²) in [6.07, 6.45) is 1.19. The number of hydrogen-bond donors (Lipinski definition) is 0. The largest absolute Gasteiger partial charge is 0.296 e. The van der Waals surface area contributed by atoms with Crippen molar-refractivity contribution in [2.24, 2.45) is 0 Å². The Kier molecular flexibility index (Phi) is 5.33. The second kappa shape index (κ2) is 6.14. The van der Waals surface area contributed by atoms with Gasteiger partial charge < -0.3 is 0 Å². The van der Waals surface area contributed by atoms with Crippen molar-refractivity contribution in [3.8, 4) is 0 Å². The molecule has 18 heavy (non-hydrogen) atoms. The Morgan fingerprint density at radius 2 is 2.11 bits per heavy atom. The SMILES string of the molecule is CC(C(=O)c1ccc(Cl)s1)N(C)CCS(C)(=O)=O. The van der Waals surface area contributed by atoms with Gasteiger partial charge in [-0.3, -0.25) is 9.69 Å². The molecule has 4 nitrogen and oxygen atoms in total. The monoisotopic (exact) mass is 309 g/mol. The van der Waals surface area contributed by atoms with Gasteiger partial charge in [0.25, 0.3) is 0 Å². The topological polar surface area (TPSA) is 54.5 Å². The molecule has 1 heterocycles. The second-order valence-corrected chi connectivity index (χ2v) is 8.23. The zero-order valence-electron chi connectivity index (χ0n) is 10.5. The fraction of sp³-hybridized carbons (Fsp3) is 0.545. The van der Waals surface area contributed by atoms with Crippen LogP contribution in [-0.2, 0) is 9.84 Å². The number of carbonyl (C=O) groups excluding carboxylic acids is 1. The lowest BCUT2D eigenvalue weighted by molar-refractivity contribution is 0.0878. The van der Waals surface area contributed by atoms with Crippen molar-refractivity contribution >= 4 is 38.6 Å². The summed E-state index contributed by atoms with van der Waals surface area (Å²) in [5, 5.41) is 0. The predicted octanol–water partition coefficient (Wildman–Crippen LogP) is 1.95. The van der Waals surface area contributed by atoms with Crippen LogP contribution in [0.2, 0.25) is 4.34 Å². The number of Topliss-reactive ketones (excluding diaryl/α,β-unsaturated/α-hetero) is 1. The van der Waals surface area contributed by atoms with E-state index in [4.69, 9.17) is 11.6 Å². The number of carbonyl (C=O) groups is 1. The molecule has 0 aliphatic rings. The van der Waals surface area contributed by atoms with Crippen LogP contribution in [-0.4, -0.2) is 50.7 Å². The molecule has 0 radical (unpaired) electrons. The van der Waals surface area contributed by atoms with E-state index in [1.807, 2.05) is 0 Å². The van der Waals surface area contributed by atoms with Crippen LogP contribution in [0, 0.1) is 0 Å². The summed E-state index contributed by atoms with van der Waals surface area (Å²) >= 11 is 7.02. The van der Waals surface area contributed by atoms with Gasteiger partial charge in [-0.25, -0.2) is 8.42 Å². The lowest BCUT2D eigenvalue weighted by Crippen LogP contribution is -2.38. The van der Waals surface area contributed by atoms with E-state index in [1.54, 1.807) is 31.0 Å². The normalized spacial score (nSPS) is 13.8. The molecule has 1 atom stereocenters. The van der Waals surface area contributed by atoms with E-state index in [9.17, 15) is 13.2 Å². The first-order valence-electron chi connectivity index (χ1n) is 5.38. The fourth-order valence-corrected chi connectivity index (χ4v) is 3.04. The van der Waals surface area contributed by atoms with Crippen molar-refractivity contribution in [1.29, 1.82) is 0 Å². The number of rotatable bonds is 6. The maximum atomic E-state index is 12.1. The van der Waals surface area contributed by atoms with E-state index >= 15 is 0 Å². The summed E-state index contributed by atoms with van der Waals surface area (Å²) in [7, 11) is -1.27. The molecule has 1 rings (SSSR count). The second-order valence-electron chi connectivity index (χ2n) is 4.25. The predicted molar refractivity (Wildman–Crippen MR) is 75.5 cm³/mol. The van der Waals surface area contributed by atoms with Gasteiger partial charge in [0, 0.05) is 12.8 Å². The van der Waals surface area contributed by atoms with Crippen LogP contribution < -0.4 is 0 Å². The molecule has 0 N–H and O–H groups in total. The summed E-state index contributed by atoms with van der Waals surface area (Å²) in [5.74, 6) is 0.00895. The quantitative estimate of drug-likeness (QED) is 0.754. The van der Waals surface area contributed by atoms with E-state index < -0.39 is 9.84 Å². The van der Waals surface area contributed by atoms with Gasteiger partial charge in [-0.05, 0) is 26.1 Å². The number of halogens is 1. The van der Waals surface area contributed by atoms with Gasteiger partial charge in [-0.2, -0.15) is 0 Å². The van der Waals surface area contributed by atoms with Gasteiger partial charge in [-0.15, -0.1) is 11.3 Å². The Hall–Kier alpha value is -0.430. The number of nitrogens with zero attached hydrogens (tertiary/aromatic N) is 1. The van der Waals surface area contributed by atoms with Crippen molar-refractivity contribution in [2.45, 2.75) is 13.0 Å². The standard InChI is InChI=1S/C11H16ClNO3S2/c1-8(13(2)6-7-18(3,15)16)11(14)9-4-5-10(12)17-9/h4-5,8H,6-7H2,1-3H3. The third kappa shape index (κ3) is 4.68. The van der Waals surface area contributed by atoms with Crippen LogP contribution in [0.1, 0.15) is 16.6 Å². The van der Waals surface area contributed by atoms with Crippen molar-refractivity contribution in [3.63, 3.8) is 0 Å². The molecule has 1 aromatic heterocycles. The lowest BCUT2D eigenvalue weighted by Gasteiger charge is -2.22. The Labute approximate surface area is 116 Å². The zero-order valence-corrected chi connectivity index (χ0v) is 12.9. The Bertz CT molecular complexity index is 524. The van der Waals surface area contributed by atoms with Crippen molar-refractivity contribution in [2.75, 3.05) is 25.6 Å². The van der Waals surface area contributed by atoms with Crippen LogP contribution in [0.25, 0.3) is 0 Å². The van der Waals surface area contributed by atoms with Crippen LogP contribution >= 0.6 is 22.9 Å². The summed E-state index contributed by atoms with van der Waals surface area (Å²) in [4.78, 5) is 14.4. The smallest absolute Gasteiger partial charge is 0.189 e. The maximum Gasteiger partial charge on any atom is 0.189 e. The summed E-state index contributed by atoms with van der Waals surface area (Å²) in [5.41, 5.74) is 0. The summed E-state index contributed by atoms with van der Waals surface area (Å²) in [6.45, 7) is 2.10. The van der Waals surface area contributed by atoms with Crippen molar-refractivity contribution in [3.05, 3.63) is 21.3 Å². The highest BCUT2D eigenvalue weighted by Crippen LogP contribution is 2.23. The van der Waals surface area contributed by atoms with E-state index in [0.29, 0.717) is 15.8 Å². The minimum absolute atomic E-state index is 0.0390. The summed E-state index contributed by atoms with van der Waals surface area (Å²) < 4.78 is 22.7. The maximum absolute atomic E-state index is 12.1. The van der Waals surface area contributed by atoms with Gasteiger partial charge in [0.05, 0.1) is 21.0 Å². The number of hydrogen-bond acceptors (Lipinski definition) is 5. The molecule has 1 unspecified atom stereocenters. The van der Waals surface area contributed by atoms with Crippen molar-refractivity contribution < 1.29 is 13.2 Å². The van der Waals surface area contributed by atoms with Crippen LogP contribution in [0.5, 0.6) is 0 Å². The molecule has 0 fully saturated rings. The van der Waals surface area contributed by atoms with Crippen LogP contribution in [0.4, 0.5) is 0 Å². The highest BCUT2D eigenvalue weighted by Gasteiger charge is 2.21. The molecule has 0 aliphatic heterocycles. The molecule has 0 saturated carbocycles. The molecule has 7 heteroatoms. The Morgan fingerprint density at radius 3 is 2.56 bits per heavy atom. The molecule has 102 valence electrons. The molecule has 0 amide bonds. The summed E-state index contributed by atoms with van der Waals surface area (Å²) in [6, 6.07) is 3.01. The minimum atomic E-state index is -3.01. The average molecular weight is 310 g/mol. The van der Waals surface area contributed by atoms with Crippen LogP contribution in [0.3, 0.4) is 0 Å². The number of likely N-dealkylation sites (N-methyl/N-ethyl adjacent to an activating group) is 1. The number of thiophene rings is 1. The molecule has 0 aromatic carbocycles. The molecule has 0 saturated heterocycles. The van der Waals surface area contributed by atoms with Crippen LogP contribution in [0.15, 0.2) is 12.1 Å². The molecule has 0 aliphatic carbocycles. The highest BCUT2D eigenvalue weighted by atomic mass is 35.5. The first-order chi connectivity index (χ1) is 8.20. The van der Waals surface area contributed by atoms with E-state index in [0.717, 1.165) is 0 Å². The van der Waals surface area contributed by atoms with E-state index in [-0.39, 0.29) is 17.6 Å². The molecule has 1 aromatic rings. The number of sulfone groups is 1. The molecular formula is C11H16ClNO3S2. The minimum Gasteiger partial charge on any atom is -0.296 e. The third-order valence-corrected chi connectivity index (χ3v) is 4.84. The fourth-order valence-electron chi connectivity index (χ4n) is 1.36. The van der Waals surface area contributed by atoms with Gasteiger partial charge in [0.2, 0.25) is 0 Å². The lowest BCUT2D eigenvalue weighted by atomic mass is 10.1. The van der Waals surface area contributed by atoms with Gasteiger partial charge in [-0.1, -0.05) is 11.6 Å². The first-order valence-corrected chi connectivity index (χ1v) is 8.63. The average Bonchev–Trinajstić information content (AvgIpc) is 2.69. The Balaban J connectivity index is 2.63. The van der Waals surface area contributed by atoms with Gasteiger partial charge in [0.1, 0.15) is 9.84 Å².